The van der Waals surface area contributed by atoms with E-state index in [1.807, 2.05) is 12.1 Å². The fourth-order valence-corrected chi connectivity index (χ4v) is 3.94. The Kier molecular flexibility index (Phi) is 7.33. The Morgan fingerprint density at radius 1 is 1.33 bits per heavy atom. The normalized spacial score (nSPS) is 15.7. The number of nitrogens with one attached hydrogen (secondary N) is 1. The van der Waals surface area contributed by atoms with E-state index in [0.717, 1.165) is 63.6 Å². The third-order valence-corrected chi connectivity index (χ3v) is 5.70. The first-order valence-electron chi connectivity index (χ1n) is 9.42. The number of hydrogen-bond donors (Lipinski definition) is 1. The van der Waals surface area contributed by atoms with Crippen molar-refractivity contribution in [1.29, 1.82) is 0 Å². The lowest BCUT2D eigenvalue weighted by Gasteiger charge is -2.33. The van der Waals surface area contributed by atoms with Gasteiger partial charge in [-0.15, -0.1) is 11.3 Å². The second kappa shape index (κ2) is 10.2. The average Bonchev–Trinajstić information content (AvgIpc) is 3.40. The van der Waals surface area contributed by atoms with Crippen molar-refractivity contribution in [2.75, 3.05) is 33.3 Å². The molecule has 0 aromatic carbocycles. The van der Waals surface area contributed by atoms with Gasteiger partial charge < -0.3 is 19.4 Å². The van der Waals surface area contributed by atoms with E-state index in [4.69, 9.17) is 14.1 Å². The highest BCUT2D eigenvalue weighted by Crippen LogP contribution is 2.18. The number of esters is 1. The summed E-state index contributed by atoms with van der Waals surface area (Å²) >= 11 is 1.77. The monoisotopic (exact) mass is 389 g/mol. The Morgan fingerprint density at radius 3 is 2.85 bits per heavy atom. The number of carbonyl (C=O) groups is 1. The number of likely N-dealkylation sites (tertiary alicyclic amines) is 1. The standard InChI is InChI=1S/C20H27N3O3S/c1-25-19(24)16-8-12-23(13-9-16)20(21-10-6-17-4-2-14-26-17)22-11-7-18-5-3-15-27-18/h2-5,14-16H,6-13H2,1H3,(H,21,22). The Balaban J connectivity index is 1.55. The van der Waals surface area contributed by atoms with Crippen molar-refractivity contribution in [2.45, 2.75) is 25.7 Å². The first-order chi connectivity index (χ1) is 13.3. The minimum absolute atomic E-state index is 0.00161. The summed E-state index contributed by atoms with van der Waals surface area (Å²) in [7, 11) is 1.46. The first kappa shape index (κ1) is 19.5. The van der Waals surface area contributed by atoms with Gasteiger partial charge in [-0.3, -0.25) is 9.79 Å². The van der Waals surface area contributed by atoms with Crippen LogP contribution in [0, 0.1) is 5.92 Å². The molecule has 146 valence electrons. The zero-order chi connectivity index (χ0) is 18.9. The maximum atomic E-state index is 11.8. The van der Waals surface area contributed by atoms with Gasteiger partial charge in [-0.25, -0.2) is 0 Å². The fraction of sp³-hybridized carbons (Fsp3) is 0.500. The van der Waals surface area contributed by atoms with E-state index in [2.05, 4.69) is 27.7 Å². The van der Waals surface area contributed by atoms with Crippen LogP contribution in [-0.4, -0.2) is 50.1 Å². The van der Waals surface area contributed by atoms with Crippen molar-refractivity contribution in [1.82, 2.24) is 10.2 Å². The summed E-state index contributed by atoms with van der Waals surface area (Å²) in [6, 6.07) is 8.11. The van der Waals surface area contributed by atoms with Crippen molar-refractivity contribution < 1.29 is 13.9 Å². The van der Waals surface area contributed by atoms with Gasteiger partial charge in [0.2, 0.25) is 0 Å². The number of guanidine groups is 1. The summed E-state index contributed by atoms with van der Waals surface area (Å²) in [5.41, 5.74) is 0. The molecule has 0 atom stereocenters. The van der Waals surface area contributed by atoms with Crippen LogP contribution < -0.4 is 5.32 Å². The van der Waals surface area contributed by atoms with Crippen molar-refractivity contribution in [3.8, 4) is 0 Å². The Hall–Kier alpha value is -2.28. The largest absolute Gasteiger partial charge is 0.469 e. The van der Waals surface area contributed by atoms with Crippen LogP contribution in [0.4, 0.5) is 0 Å². The Morgan fingerprint density at radius 2 is 2.19 bits per heavy atom. The molecule has 0 saturated carbocycles. The lowest BCUT2D eigenvalue weighted by Crippen LogP contribution is -2.47. The summed E-state index contributed by atoms with van der Waals surface area (Å²) in [5.74, 6) is 1.78. The van der Waals surface area contributed by atoms with Gasteiger partial charge in [0.1, 0.15) is 5.76 Å². The molecule has 1 aliphatic heterocycles. The average molecular weight is 390 g/mol. The number of carbonyl (C=O) groups excluding carboxylic acids is 1. The number of nitrogens with zero attached hydrogens (tertiary/aromatic N) is 2. The molecule has 0 unspecified atom stereocenters. The minimum atomic E-state index is -0.100. The van der Waals surface area contributed by atoms with Gasteiger partial charge in [0.05, 0.1) is 19.3 Å². The van der Waals surface area contributed by atoms with E-state index >= 15 is 0 Å². The number of furan rings is 1. The fourth-order valence-electron chi connectivity index (χ4n) is 3.24. The molecule has 0 amide bonds. The van der Waals surface area contributed by atoms with E-state index in [-0.39, 0.29) is 11.9 Å². The predicted octanol–water partition coefficient (Wildman–Crippen LogP) is 2.96. The third kappa shape index (κ3) is 5.85. The van der Waals surface area contributed by atoms with Gasteiger partial charge in [0.25, 0.3) is 0 Å². The quantitative estimate of drug-likeness (QED) is 0.448. The van der Waals surface area contributed by atoms with Crippen LogP contribution in [0.3, 0.4) is 0 Å². The van der Waals surface area contributed by atoms with Crippen LogP contribution in [0.5, 0.6) is 0 Å². The van der Waals surface area contributed by atoms with Crippen LogP contribution in [0.15, 0.2) is 45.3 Å². The molecule has 1 N–H and O–H groups in total. The van der Waals surface area contributed by atoms with Crippen LogP contribution >= 0.6 is 11.3 Å². The van der Waals surface area contributed by atoms with Gasteiger partial charge in [-0.05, 0) is 36.4 Å². The molecule has 1 fully saturated rings. The number of aliphatic imine (C=N–C) groups is 1. The van der Waals surface area contributed by atoms with Crippen LogP contribution in [0.2, 0.25) is 0 Å². The summed E-state index contributed by atoms with van der Waals surface area (Å²) in [5, 5.41) is 5.57. The maximum Gasteiger partial charge on any atom is 0.308 e. The topological polar surface area (TPSA) is 67.1 Å². The number of thiophene rings is 1. The molecular formula is C20H27N3O3S. The molecule has 0 aliphatic carbocycles. The second-order valence-corrected chi connectivity index (χ2v) is 7.61. The lowest BCUT2D eigenvalue weighted by atomic mass is 9.97. The molecule has 27 heavy (non-hydrogen) atoms. The van der Waals surface area contributed by atoms with Crippen molar-refractivity contribution in [3.05, 3.63) is 46.5 Å². The highest BCUT2D eigenvalue weighted by atomic mass is 32.1. The van der Waals surface area contributed by atoms with E-state index < -0.39 is 0 Å². The van der Waals surface area contributed by atoms with Crippen LogP contribution in [-0.2, 0) is 22.4 Å². The lowest BCUT2D eigenvalue weighted by molar-refractivity contribution is -0.146. The smallest absolute Gasteiger partial charge is 0.308 e. The van der Waals surface area contributed by atoms with E-state index in [1.165, 1.54) is 12.0 Å². The molecule has 6 nitrogen and oxygen atoms in total. The van der Waals surface area contributed by atoms with Gasteiger partial charge in [0, 0.05) is 43.9 Å². The molecular weight excluding hydrogens is 362 g/mol. The molecule has 2 aromatic rings. The summed E-state index contributed by atoms with van der Waals surface area (Å²) < 4.78 is 10.3. The van der Waals surface area contributed by atoms with E-state index in [9.17, 15) is 4.79 Å². The molecule has 7 heteroatoms. The molecule has 0 radical (unpaired) electrons. The third-order valence-electron chi connectivity index (χ3n) is 4.76. The van der Waals surface area contributed by atoms with Crippen LogP contribution in [0.1, 0.15) is 23.5 Å². The number of methoxy groups -OCH3 is 1. The Labute approximate surface area is 164 Å². The van der Waals surface area contributed by atoms with Crippen molar-refractivity contribution in [3.63, 3.8) is 0 Å². The predicted molar refractivity (Wildman–Crippen MR) is 107 cm³/mol. The maximum absolute atomic E-state index is 11.8. The first-order valence-corrected chi connectivity index (χ1v) is 10.3. The second-order valence-electron chi connectivity index (χ2n) is 6.58. The molecule has 1 saturated heterocycles. The van der Waals surface area contributed by atoms with Gasteiger partial charge in [0.15, 0.2) is 5.96 Å². The molecule has 0 bridgehead atoms. The summed E-state index contributed by atoms with van der Waals surface area (Å²) in [4.78, 5) is 20.2. The number of ether oxygens (including phenoxy) is 1. The summed E-state index contributed by atoms with van der Waals surface area (Å²) in [6.45, 7) is 3.14. The zero-order valence-corrected chi connectivity index (χ0v) is 16.5. The Bertz CT molecular complexity index is 705. The van der Waals surface area contributed by atoms with Crippen molar-refractivity contribution >= 4 is 23.3 Å². The van der Waals surface area contributed by atoms with E-state index in [0.29, 0.717) is 0 Å². The highest BCUT2D eigenvalue weighted by molar-refractivity contribution is 7.09. The van der Waals surface area contributed by atoms with Gasteiger partial charge in [-0.2, -0.15) is 0 Å². The molecule has 3 heterocycles. The van der Waals surface area contributed by atoms with Gasteiger partial charge in [-0.1, -0.05) is 6.07 Å². The van der Waals surface area contributed by atoms with E-state index in [1.54, 1.807) is 17.6 Å². The number of piperidine rings is 1. The van der Waals surface area contributed by atoms with Crippen LogP contribution in [0.25, 0.3) is 0 Å². The minimum Gasteiger partial charge on any atom is -0.469 e. The molecule has 3 rings (SSSR count). The van der Waals surface area contributed by atoms with Crippen molar-refractivity contribution in [2.24, 2.45) is 10.9 Å². The number of rotatable bonds is 7. The molecule has 0 spiro atoms. The SMILES string of the molecule is COC(=O)C1CCN(C(=NCCc2cccs2)NCCc2ccco2)CC1. The summed E-state index contributed by atoms with van der Waals surface area (Å²) in [6.07, 6.45) is 5.06. The molecule has 1 aliphatic rings. The molecule has 2 aromatic heterocycles. The number of hydrogen-bond acceptors (Lipinski definition) is 5. The zero-order valence-electron chi connectivity index (χ0n) is 15.7. The van der Waals surface area contributed by atoms with Gasteiger partial charge >= 0.3 is 5.97 Å². The highest BCUT2D eigenvalue weighted by Gasteiger charge is 2.27.